The molecule has 8 heteroatoms. The van der Waals surface area contributed by atoms with Crippen LogP contribution in [0.3, 0.4) is 0 Å². The summed E-state index contributed by atoms with van der Waals surface area (Å²) in [5.74, 6) is -0.983. The number of carbonyl (C=O) groups excluding carboxylic acids is 2. The molecule has 1 N–H and O–H groups in total. The molecule has 1 aromatic heterocycles. The van der Waals surface area contributed by atoms with Gasteiger partial charge >= 0.3 is 5.97 Å². The minimum atomic E-state index is -3.37. The van der Waals surface area contributed by atoms with E-state index in [0.717, 1.165) is 11.8 Å². The predicted octanol–water partition coefficient (Wildman–Crippen LogP) is 2.56. The topological polar surface area (TPSA) is 89.5 Å². The highest BCUT2D eigenvalue weighted by Gasteiger charge is 2.09. The number of Topliss-reactive ketones (excluding diaryl/α,β-unsaturated/α-hetero) is 1. The zero-order valence-electron chi connectivity index (χ0n) is 12.8. The Morgan fingerprint density at radius 3 is 2.50 bits per heavy atom. The Morgan fingerprint density at radius 1 is 1.21 bits per heavy atom. The average Bonchev–Trinajstić information content (AvgIpc) is 3.03. The summed E-state index contributed by atoms with van der Waals surface area (Å²) in [6.45, 7) is -0.383. The number of ketones is 1. The minimum Gasteiger partial charge on any atom is -0.454 e. The molecule has 0 spiro atoms. The maximum atomic E-state index is 11.9. The number of carbonyl (C=O) groups is 2. The normalized spacial score (nSPS) is 11.4. The van der Waals surface area contributed by atoms with E-state index in [1.807, 2.05) is 16.8 Å². The van der Waals surface area contributed by atoms with E-state index < -0.39 is 16.0 Å². The molecule has 0 radical (unpaired) electrons. The maximum absolute atomic E-state index is 11.9. The number of benzene rings is 1. The highest BCUT2D eigenvalue weighted by molar-refractivity contribution is 7.92. The van der Waals surface area contributed by atoms with Gasteiger partial charge in [0.1, 0.15) is 0 Å². The molecule has 0 atom stereocenters. The lowest BCUT2D eigenvalue weighted by molar-refractivity contribution is -0.136. The molecule has 24 heavy (non-hydrogen) atoms. The van der Waals surface area contributed by atoms with E-state index in [1.165, 1.54) is 41.7 Å². The van der Waals surface area contributed by atoms with Crippen molar-refractivity contribution in [2.75, 3.05) is 17.6 Å². The first-order chi connectivity index (χ1) is 11.3. The van der Waals surface area contributed by atoms with Crippen LogP contribution in [-0.4, -0.2) is 33.0 Å². The fourth-order valence-corrected chi connectivity index (χ4v) is 2.93. The lowest BCUT2D eigenvalue weighted by Gasteiger charge is -2.05. The van der Waals surface area contributed by atoms with Crippen LogP contribution in [0, 0.1) is 0 Å². The third-order valence-electron chi connectivity index (χ3n) is 2.81. The molecule has 2 aromatic rings. The van der Waals surface area contributed by atoms with Crippen molar-refractivity contribution < 1.29 is 22.7 Å². The van der Waals surface area contributed by atoms with Crippen molar-refractivity contribution in [3.8, 4) is 0 Å². The van der Waals surface area contributed by atoms with Crippen LogP contribution < -0.4 is 4.72 Å². The molecule has 0 fully saturated rings. The number of thiophene rings is 1. The van der Waals surface area contributed by atoms with Gasteiger partial charge < -0.3 is 4.74 Å². The van der Waals surface area contributed by atoms with Crippen LogP contribution in [0.4, 0.5) is 5.69 Å². The molecule has 1 heterocycles. The van der Waals surface area contributed by atoms with Crippen molar-refractivity contribution in [3.05, 3.63) is 58.3 Å². The smallest absolute Gasteiger partial charge is 0.331 e. The summed E-state index contributed by atoms with van der Waals surface area (Å²) in [4.78, 5) is 23.5. The summed E-state index contributed by atoms with van der Waals surface area (Å²) < 4.78 is 29.4. The zero-order chi connectivity index (χ0) is 17.6. The molecule has 0 saturated heterocycles. The summed E-state index contributed by atoms with van der Waals surface area (Å²) in [6, 6.07) is 7.71. The Bertz CT molecular complexity index is 837. The van der Waals surface area contributed by atoms with E-state index in [1.54, 1.807) is 6.08 Å². The predicted molar refractivity (Wildman–Crippen MR) is 93.6 cm³/mol. The van der Waals surface area contributed by atoms with Gasteiger partial charge in [0.05, 0.1) is 6.26 Å². The van der Waals surface area contributed by atoms with Crippen LogP contribution in [-0.2, 0) is 19.6 Å². The average molecular weight is 365 g/mol. The summed E-state index contributed by atoms with van der Waals surface area (Å²) >= 11 is 1.51. The maximum Gasteiger partial charge on any atom is 0.331 e. The van der Waals surface area contributed by atoms with Crippen LogP contribution in [0.5, 0.6) is 0 Å². The second-order valence-electron chi connectivity index (χ2n) is 4.87. The number of hydrogen-bond donors (Lipinski definition) is 1. The number of rotatable bonds is 7. The standard InChI is InChI=1S/C16H15NO5S2/c1-24(20,21)17-14-5-3-13(4-6-14)15(18)10-22-16(19)7-2-12-8-9-23-11-12/h2-9,11,17H,10H2,1H3/b7-2+. The number of anilines is 1. The molecule has 1 aromatic carbocycles. The van der Waals surface area contributed by atoms with Crippen LogP contribution >= 0.6 is 11.3 Å². The van der Waals surface area contributed by atoms with Crippen molar-refractivity contribution in [1.82, 2.24) is 0 Å². The Balaban J connectivity index is 1.87. The lowest BCUT2D eigenvalue weighted by Crippen LogP contribution is -2.13. The summed E-state index contributed by atoms with van der Waals surface area (Å²) in [5, 5.41) is 3.76. The molecule has 0 saturated carbocycles. The first-order valence-electron chi connectivity index (χ1n) is 6.81. The van der Waals surface area contributed by atoms with Crippen LogP contribution in [0.2, 0.25) is 0 Å². The first-order valence-corrected chi connectivity index (χ1v) is 9.65. The van der Waals surface area contributed by atoms with Gasteiger partial charge in [0.2, 0.25) is 10.0 Å². The van der Waals surface area contributed by atoms with E-state index in [2.05, 4.69) is 4.72 Å². The summed E-state index contributed by atoms with van der Waals surface area (Å²) in [5.41, 5.74) is 1.56. The third kappa shape index (κ3) is 5.98. The second kappa shape index (κ2) is 7.89. The van der Waals surface area contributed by atoms with E-state index in [0.29, 0.717) is 11.3 Å². The van der Waals surface area contributed by atoms with E-state index in [4.69, 9.17) is 4.74 Å². The van der Waals surface area contributed by atoms with Crippen LogP contribution in [0.1, 0.15) is 15.9 Å². The highest BCUT2D eigenvalue weighted by atomic mass is 32.2. The van der Waals surface area contributed by atoms with E-state index in [-0.39, 0.29) is 12.4 Å². The molecular formula is C16H15NO5S2. The molecule has 0 bridgehead atoms. The zero-order valence-corrected chi connectivity index (χ0v) is 14.4. The van der Waals surface area contributed by atoms with Gasteiger partial charge in [0, 0.05) is 17.3 Å². The van der Waals surface area contributed by atoms with Crippen molar-refractivity contribution in [1.29, 1.82) is 0 Å². The third-order valence-corrected chi connectivity index (χ3v) is 4.12. The lowest BCUT2D eigenvalue weighted by atomic mass is 10.1. The quantitative estimate of drug-likeness (QED) is 0.463. The molecule has 0 aliphatic carbocycles. The van der Waals surface area contributed by atoms with Gasteiger partial charge in [-0.1, -0.05) is 0 Å². The number of ether oxygens (including phenoxy) is 1. The van der Waals surface area contributed by atoms with Gasteiger partial charge in [-0.15, -0.1) is 0 Å². The second-order valence-corrected chi connectivity index (χ2v) is 7.40. The van der Waals surface area contributed by atoms with Crippen LogP contribution in [0.25, 0.3) is 6.08 Å². The van der Waals surface area contributed by atoms with E-state index in [9.17, 15) is 18.0 Å². The van der Waals surface area contributed by atoms with Gasteiger partial charge in [-0.25, -0.2) is 13.2 Å². The monoisotopic (exact) mass is 365 g/mol. The number of hydrogen-bond acceptors (Lipinski definition) is 6. The van der Waals surface area contributed by atoms with Gasteiger partial charge in [-0.2, -0.15) is 11.3 Å². The van der Waals surface area contributed by atoms with Gasteiger partial charge in [-0.3, -0.25) is 9.52 Å². The van der Waals surface area contributed by atoms with E-state index >= 15 is 0 Å². The molecule has 6 nitrogen and oxygen atoms in total. The SMILES string of the molecule is CS(=O)(=O)Nc1ccc(C(=O)COC(=O)/C=C/c2ccsc2)cc1. The van der Waals surface area contributed by atoms with Gasteiger partial charge in [-0.05, 0) is 52.7 Å². The summed E-state index contributed by atoms with van der Waals surface area (Å²) in [7, 11) is -3.37. The van der Waals surface area contributed by atoms with Crippen molar-refractivity contribution in [2.45, 2.75) is 0 Å². The van der Waals surface area contributed by atoms with Crippen molar-refractivity contribution in [3.63, 3.8) is 0 Å². The Kier molecular flexibility index (Phi) is 5.88. The number of nitrogens with one attached hydrogen (secondary N) is 1. The molecule has 126 valence electrons. The fourth-order valence-electron chi connectivity index (χ4n) is 1.74. The van der Waals surface area contributed by atoms with Gasteiger partial charge in [0.25, 0.3) is 0 Å². The molecular weight excluding hydrogens is 350 g/mol. The summed E-state index contributed by atoms with van der Waals surface area (Å²) in [6.07, 6.45) is 3.90. The fraction of sp³-hybridized carbons (Fsp3) is 0.125. The molecule has 2 rings (SSSR count). The van der Waals surface area contributed by atoms with Crippen molar-refractivity contribution >= 4 is 44.9 Å². The number of esters is 1. The largest absolute Gasteiger partial charge is 0.454 e. The Labute approximate surface area is 143 Å². The minimum absolute atomic E-state index is 0.323. The Hall–Kier alpha value is -2.45. The highest BCUT2D eigenvalue weighted by Crippen LogP contribution is 2.12. The molecule has 0 amide bonds. The molecule has 0 unspecified atom stereocenters. The van der Waals surface area contributed by atoms with Crippen LogP contribution in [0.15, 0.2) is 47.2 Å². The number of sulfonamides is 1. The van der Waals surface area contributed by atoms with Gasteiger partial charge in [0.15, 0.2) is 12.4 Å². The van der Waals surface area contributed by atoms with Crippen molar-refractivity contribution in [2.24, 2.45) is 0 Å². The Morgan fingerprint density at radius 2 is 1.92 bits per heavy atom. The first kappa shape index (κ1) is 17.9. The molecule has 0 aliphatic rings. The molecule has 0 aliphatic heterocycles.